The van der Waals surface area contributed by atoms with E-state index in [1.807, 2.05) is 0 Å². The lowest BCUT2D eigenvalue weighted by Crippen LogP contribution is -2.65. The van der Waals surface area contributed by atoms with E-state index in [1.54, 1.807) is 6.92 Å². The van der Waals surface area contributed by atoms with Gasteiger partial charge in [-0.05, 0) is 13.3 Å². The van der Waals surface area contributed by atoms with Crippen LogP contribution in [0.5, 0.6) is 0 Å². The summed E-state index contributed by atoms with van der Waals surface area (Å²) in [5, 5.41) is 9.95. The van der Waals surface area contributed by atoms with E-state index >= 15 is 0 Å². The quantitative estimate of drug-likeness (QED) is 0.619. The van der Waals surface area contributed by atoms with Gasteiger partial charge in [0.05, 0.1) is 6.61 Å². The highest BCUT2D eigenvalue weighted by Gasteiger charge is 2.51. The van der Waals surface area contributed by atoms with Gasteiger partial charge >= 0.3 is 5.97 Å². The van der Waals surface area contributed by atoms with Gasteiger partial charge in [0.1, 0.15) is 5.25 Å². The van der Waals surface area contributed by atoms with Crippen molar-refractivity contribution in [3.05, 3.63) is 0 Å². The van der Waals surface area contributed by atoms with Crippen LogP contribution in [0.2, 0.25) is 0 Å². The molecule has 7 heteroatoms. The van der Waals surface area contributed by atoms with Crippen molar-refractivity contribution in [1.82, 2.24) is 5.32 Å². The van der Waals surface area contributed by atoms with Gasteiger partial charge in [-0.2, -0.15) is 0 Å². The Kier molecular flexibility index (Phi) is 2.93. The molecular formula is C9H15NO5S. The molecule has 0 spiro atoms. The Bertz CT molecular complexity index is 393. The fraction of sp³-hybridized carbons (Fsp3) is 0.889. The topological polar surface area (TPSA) is 92.7 Å². The molecule has 2 N–H and O–H groups in total. The van der Waals surface area contributed by atoms with Crippen LogP contribution in [0.15, 0.2) is 0 Å². The van der Waals surface area contributed by atoms with Crippen molar-refractivity contribution in [3.8, 4) is 0 Å². The number of rotatable bonds is 1. The Morgan fingerprint density at radius 1 is 1.50 bits per heavy atom. The summed E-state index contributed by atoms with van der Waals surface area (Å²) in [5.41, 5.74) is 0. The lowest BCUT2D eigenvalue weighted by Gasteiger charge is -2.41. The lowest BCUT2D eigenvalue weighted by atomic mass is 10.1. The van der Waals surface area contributed by atoms with Crippen molar-refractivity contribution in [3.63, 3.8) is 0 Å². The number of hydrogen-bond acceptors (Lipinski definition) is 5. The van der Waals surface area contributed by atoms with Crippen molar-refractivity contribution in [2.45, 2.75) is 35.9 Å². The first kappa shape index (κ1) is 11.8. The summed E-state index contributed by atoms with van der Waals surface area (Å²) in [7, 11) is -3.66. The second-order valence-electron chi connectivity index (χ2n) is 4.31. The summed E-state index contributed by atoms with van der Waals surface area (Å²) in [6.07, 6.45) is 0.612. The van der Waals surface area contributed by atoms with Gasteiger partial charge in [0.25, 0.3) is 0 Å². The standard InChI is InChI=1S/C9H15NO5S/c1-5-8(9(11)12)16(13,14)7-4-15-3-2-6(7)10-5/h5-8,10H,2-4H2,1H3,(H,11,12). The third-order valence-electron chi connectivity index (χ3n) is 3.25. The maximum Gasteiger partial charge on any atom is 0.323 e. The van der Waals surface area contributed by atoms with E-state index in [1.165, 1.54) is 0 Å². The minimum atomic E-state index is -3.66. The fourth-order valence-electron chi connectivity index (χ4n) is 2.48. The first-order valence-corrected chi connectivity index (χ1v) is 6.85. The molecule has 0 aliphatic carbocycles. The second kappa shape index (κ2) is 3.97. The summed E-state index contributed by atoms with van der Waals surface area (Å²) in [6, 6.07) is -0.730. The number of fused-ring (bicyclic) bond motifs is 1. The highest BCUT2D eigenvalue weighted by molar-refractivity contribution is 7.93. The van der Waals surface area contributed by atoms with Crippen LogP contribution in [0.25, 0.3) is 0 Å². The van der Waals surface area contributed by atoms with Crippen LogP contribution in [-0.4, -0.2) is 55.3 Å². The number of carboxylic acids is 1. The molecule has 0 aromatic rings. The van der Waals surface area contributed by atoms with E-state index in [-0.39, 0.29) is 12.6 Å². The average Bonchev–Trinajstić information content (AvgIpc) is 2.15. The molecule has 2 heterocycles. The van der Waals surface area contributed by atoms with E-state index in [2.05, 4.69) is 5.32 Å². The van der Waals surface area contributed by atoms with Gasteiger partial charge in [-0.3, -0.25) is 4.79 Å². The summed E-state index contributed by atoms with van der Waals surface area (Å²) in [6.45, 7) is 2.21. The predicted molar refractivity (Wildman–Crippen MR) is 56.0 cm³/mol. The molecule has 2 rings (SSSR count). The lowest BCUT2D eigenvalue weighted by molar-refractivity contribution is -0.137. The van der Waals surface area contributed by atoms with Crippen LogP contribution < -0.4 is 5.32 Å². The minimum absolute atomic E-state index is 0.0938. The molecule has 4 unspecified atom stereocenters. The smallest absolute Gasteiger partial charge is 0.323 e. The van der Waals surface area contributed by atoms with E-state index in [0.29, 0.717) is 13.0 Å². The number of ether oxygens (including phenoxy) is 1. The number of carboxylic acid groups (broad SMARTS) is 1. The summed E-state index contributed by atoms with van der Waals surface area (Å²) < 4.78 is 29.3. The zero-order valence-electron chi connectivity index (χ0n) is 8.92. The maximum absolute atomic E-state index is 12.1. The van der Waals surface area contributed by atoms with Crippen LogP contribution in [0.4, 0.5) is 0 Å². The van der Waals surface area contributed by atoms with Crippen molar-refractivity contribution in [2.24, 2.45) is 0 Å². The Balaban J connectivity index is 2.35. The van der Waals surface area contributed by atoms with Gasteiger partial charge in [0.2, 0.25) is 0 Å². The Morgan fingerprint density at radius 2 is 2.19 bits per heavy atom. The number of hydrogen-bond donors (Lipinski definition) is 2. The highest BCUT2D eigenvalue weighted by Crippen LogP contribution is 2.27. The summed E-state index contributed by atoms with van der Waals surface area (Å²) in [4.78, 5) is 11.0. The summed E-state index contributed by atoms with van der Waals surface area (Å²) >= 11 is 0. The summed E-state index contributed by atoms with van der Waals surface area (Å²) in [5.74, 6) is -1.29. The molecule has 0 radical (unpaired) electrons. The molecule has 16 heavy (non-hydrogen) atoms. The molecule has 2 aliphatic heterocycles. The number of nitrogens with one attached hydrogen (secondary N) is 1. The van der Waals surface area contributed by atoms with Crippen LogP contribution in [-0.2, 0) is 19.4 Å². The van der Waals surface area contributed by atoms with Crippen molar-refractivity contribution < 1.29 is 23.1 Å². The largest absolute Gasteiger partial charge is 0.480 e. The first-order valence-electron chi connectivity index (χ1n) is 5.24. The van der Waals surface area contributed by atoms with Crippen molar-refractivity contribution in [1.29, 1.82) is 0 Å². The van der Waals surface area contributed by atoms with E-state index in [9.17, 15) is 13.2 Å². The molecule has 6 nitrogen and oxygen atoms in total. The van der Waals surface area contributed by atoms with Crippen molar-refractivity contribution >= 4 is 15.8 Å². The Morgan fingerprint density at radius 3 is 2.81 bits per heavy atom. The first-order chi connectivity index (χ1) is 7.44. The van der Waals surface area contributed by atoms with Gasteiger partial charge < -0.3 is 15.2 Å². The number of aliphatic carboxylic acids is 1. The van der Waals surface area contributed by atoms with Gasteiger partial charge in [0.15, 0.2) is 15.1 Å². The minimum Gasteiger partial charge on any atom is -0.480 e. The Labute approximate surface area is 93.9 Å². The zero-order valence-corrected chi connectivity index (χ0v) is 9.74. The average molecular weight is 249 g/mol. The number of sulfone groups is 1. The molecular weight excluding hydrogens is 234 g/mol. The zero-order chi connectivity index (χ0) is 11.9. The molecule has 0 bridgehead atoms. The van der Waals surface area contributed by atoms with Crippen LogP contribution in [0.3, 0.4) is 0 Å². The third-order valence-corrected chi connectivity index (χ3v) is 5.88. The fourth-order valence-corrected chi connectivity index (χ4v) is 4.74. The highest BCUT2D eigenvalue weighted by atomic mass is 32.2. The maximum atomic E-state index is 12.1. The van der Waals surface area contributed by atoms with E-state index in [4.69, 9.17) is 9.84 Å². The molecule has 0 saturated carbocycles. The molecule has 92 valence electrons. The molecule has 4 atom stereocenters. The third kappa shape index (κ3) is 1.72. The molecule has 2 saturated heterocycles. The molecule has 0 amide bonds. The van der Waals surface area contributed by atoms with Crippen LogP contribution in [0, 0.1) is 0 Å². The molecule has 2 aliphatic rings. The number of carbonyl (C=O) groups is 1. The van der Waals surface area contributed by atoms with Crippen LogP contribution >= 0.6 is 0 Å². The van der Waals surface area contributed by atoms with Gasteiger partial charge in [-0.25, -0.2) is 8.42 Å². The second-order valence-corrected chi connectivity index (χ2v) is 6.60. The SMILES string of the molecule is CC1NC2CCOCC2S(=O)(=O)C1C(=O)O. The van der Waals surface area contributed by atoms with Crippen molar-refractivity contribution in [2.75, 3.05) is 13.2 Å². The van der Waals surface area contributed by atoms with E-state index in [0.717, 1.165) is 0 Å². The molecule has 2 fully saturated rings. The van der Waals surface area contributed by atoms with Gasteiger partial charge in [-0.15, -0.1) is 0 Å². The normalized spacial score (nSPS) is 42.3. The monoisotopic (exact) mass is 249 g/mol. The van der Waals surface area contributed by atoms with E-state index < -0.39 is 32.3 Å². The predicted octanol–water partition coefficient (Wildman–Crippen LogP) is -0.996. The van der Waals surface area contributed by atoms with Gasteiger partial charge in [-0.1, -0.05) is 0 Å². The Hall–Kier alpha value is -0.660. The molecule has 0 aromatic carbocycles. The van der Waals surface area contributed by atoms with Crippen LogP contribution in [0.1, 0.15) is 13.3 Å². The van der Waals surface area contributed by atoms with Gasteiger partial charge in [0, 0.05) is 18.7 Å². The molecule has 0 aromatic heterocycles.